The van der Waals surface area contributed by atoms with E-state index in [9.17, 15) is 23.5 Å². The Morgan fingerprint density at radius 1 is 1.06 bits per heavy atom. The molecule has 3 amide bonds. The van der Waals surface area contributed by atoms with Crippen LogP contribution < -0.4 is 10.6 Å². The first-order valence-corrected chi connectivity index (χ1v) is 11.2. The lowest BCUT2D eigenvalue weighted by molar-refractivity contribution is -0.178. The minimum atomic E-state index is -1.33. The van der Waals surface area contributed by atoms with Gasteiger partial charge in [0, 0.05) is 36.7 Å². The number of urea groups is 1. The molecule has 0 atom stereocenters. The molecule has 6 nitrogen and oxygen atoms in total. The molecule has 3 N–H and O–H groups in total. The standard InChI is InChI=1S/C25H26F3N3O3/c1-23(2,34)13-29-21(32)25-10-24(11-25,12-25)18-16(26)7-17(19(27)20(18)28)30-22(33)31-8-14-5-3-4-6-15(14)9-31/h3-7,34H,8-13H2,1-2H3,(H,29,32)(H,30,33). The fraction of sp³-hybridized carbons (Fsp3) is 0.440. The van der Waals surface area contributed by atoms with E-state index in [1.165, 1.54) is 4.90 Å². The number of nitrogens with zero attached hydrogens (tertiary/aromatic N) is 1. The van der Waals surface area contributed by atoms with Crippen LogP contribution >= 0.6 is 0 Å². The van der Waals surface area contributed by atoms with Crippen LogP contribution in [0, 0.1) is 22.9 Å². The van der Waals surface area contributed by atoms with Crippen LogP contribution in [-0.2, 0) is 23.3 Å². The van der Waals surface area contributed by atoms with Gasteiger partial charge in [-0.25, -0.2) is 18.0 Å². The summed E-state index contributed by atoms with van der Waals surface area (Å²) in [6.07, 6.45) is 0.633. The zero-order valence-corrected chi connectivity index (χ0v) is 19.0. The Balaban J connectivity index is 1.28. The first-order valence-electron chi connectivity index (χ1n) is 11.2. The number of anilines is 1. The number of fused-ring (bicyclic) bond motifs is 1. The summed E-state index contributed by atoms with van der Waals surface area (Å²) in [7, 11) is 0. The first-order chi connectivity index (χ1) is 15.9. The minimum absolute atomic E-state index is 0.0639. The van der Waals surface area contributed by atoms with Crippen molar-refractivity contribution in [3.63, 3.8) is 0 Å². The zero-order valence-electron chi connectivity index (χ0n) is 19.0. The Morgan fingerprint density at radius 3 is 2.21 bits per heavy atom. The molecular formula is C25H26F3N3O3. The van der Waals surface area contributed by atoms with Gasteiger partial charge in [0.2, 0.25) is 5.91 Å². The smallest absolute Gasteiger partial charge is 0.322 e. The van der Waals surface area contributed by atoms with Crippen LogP contribution in [0.15, 0.2) is 30.3 Å². The highest BCUT2D eigenvalue weighted by Crippen LogP contribution is 2.74. The third-order valence-electron chi connectivity index (χ3n) is 7.25. The van der Waals surface area contributed by atoms with Gasteiger partial charge in [0.1, 0.15) is 5.82 Å². The summed E-state index contributed by atoms with van der Waals surface area (Å²) < 4.78 is 44.9. The number of nitrogens with one attached hydrogen (secondary N) is 2. The van der Waals surface area contributed by atoms with Crippen LogP contribution in [0.5, 0.6) is 0 Å². The van der Waals surface area contributed by atoms with E-state index in [4.69, 9.17) is 0 Å². The van der Waals surface area contributed by atoms with Crippen molar-refractivity contribution in [2.75, 3.05) is 11.9 Å². The van der Waals surface area contributed by atoms with Crippen LogP contribution in [-0.4, -0.2) is 34.1 Å². The summed E-state index contributed by atoms with van der Waals surface area (Å²) in [6, 6.07) is 7.66. The maximum Gasteiger partial charge on any atom is 0.322 e. The number of carbonyl (C=O) groups excluding carboxylic acids is 2. The third-order valence-corrected chi connectivity index (χ3v) is 7.25. The molecule has 4 aliphatic rings. The van der Waals surface area contributed by atoms with Crippen LogP contribution in [0.4, 0.5) is 23.7 Å². The largest absolute Gasteiger partial charge is 0.389 e. The first kappa shape index (κ1) is 22.7. The summed E-state index contributed by atoms with van der Waals surface area (Å²) in [5, 5.41) is 14.8. The second kappa shape index (κ2) is 7.46. The van der Waals surface area contributed by atoms with Crippen molar-refractivity contribution >= 4 is 17.6 Å². The maximum atomic E-state index is 15.0. The summed E-state index contributed by atoms with van der Waals surface area (Å²) >= 11 is 0. The molecule has 0 aromatic heterocycles. The quantitative estimate of drug-likeness (QED) is 0.575. The summed E-state index contributed by atoms with van der Waals surface area (Å²) in [5.74, 6) is -3.85. The summed E-state index contributed by atoms with van der Waals surface area (Å²) in [5.41, 5.74) is -1.72. The van der Waals surface area contributed by atoms with Gasteiger partial charge in [-0.2, -0.15) is 0 Å². The molecule has 180 valence electrons. The Hall–Kier alpha value is -3.07. The van der Waals surface area contributed by atoms with Crippen molar-refractivity contribution in [1.82, 2.24) is 10.2 Å². The van der Waals surface area contributed by atoms with Gasteiger partial charge in [0.05, 0.1) is 16.7 Å². The van der Waals surface area contributed by atoms with Crippen LogP contribution in [0.1, 0.15) is 49.8 Å². The van der Waals surface area contributed by atoms with Crippen molar-refractivity contribution < 1.29 is 27.9 Å². The van der Waals surface area contributed by atoms with E-state index in [1.54, 1.807) is 13.8 Å². The van der Waals surface area contributed by atoms with Crippen molar-refractivity contribution in [1.29, 1.82) is 0 Å². The van der Waals surface area contributed by atoms with Crippen molar-refractivity contribution in [3.05, 3.63) is 64.5 Å². The normalized spacial score (nSPS) is 24.7. The van der Waals surface area contributed by atoms with Gasteiger partial charge in [0.25, 0.3) is 0 Å². The lowest BCUT2D eigenvalue weighted by atomic mass is 9.33. The predicted octanol–water partition coefficient (Wildman–Crippen LogP) is 3.96. The monoisotopic (exact) mass is 473 g/mol. The molecule has 0 saturated heterocycles. The molecule has 3 saturated carbocycles. The van der Waals surface area contributed by atoms with E-state index in [-0.39, 0.29) is 37.3 Å². The Morgan fingerprint density at radius 2 is 1.65 bits per heavy atom. The van der Waals surface area contributed by atoms with E-state index >= 15 is 4.39 Å². The van der Waals surface area contributed by atoms with Crippen molar-refractivity contribution in [3.8, 4) is 0 Å². The molecule has 2 aromatic rings. The lowest BCUT2D eigenvalue weighted by Gasteiger charge is -2.69. The Kier molecular flexibility index (Phi) is 4.99. The minimum Gasteiger partial charge on any atom is -0.389 e. The molecule has 9 heteroatoms. The molecule has 1 aliphatic heterocycles. The number of rotatable bonds is 5. The van der Waals surface area contributed by atoms with Gasteiger partial charge in [-0.05, 0) is 44.2 Å². The van der Waals surface area contributed by atoms with Gasteiger partial charge in [-0.1, -0.05) is 24.3 Å². The fourth-order valence-corrected chi connectivity index (χ4v) is 5.62. The van der Waals surface area contributed by atoms with Crippen LogP contribution in [0.3, 0.4) is 0 Å². The highest BCUT2D eigenvalue weighted by Gasteiger charge is 2.73. The summed E-state index contributed by atoms with van der Waals surface area (Å²) in [4.78, 5) is 26.5. The molecule has 0 unspecified atom stereocenters. The highest BCUT2D eigenvalue weighted by molar-refractivity contribution is 5.90. The van der Waals surface area contributed by atoms with E-state index in [0.717, 1.165) is 17.2 Å². The molecule has 0 radical (unpaired) electrons. The van der Waals surface area contributed by atoms with Gasteiger partial charge in [-0.3, -0.25) is 4.79 Å². The van der Waals surface area contributed by atoms with Gasteiger partial charge >= 0.3 is 6.03 Å². The third kappa shape index (κ3) is 3.53. The number of hydrogen-bond acceptors (Lipinski definition) is 3. The number of halogens is 3. The van der Waals surface area contributed by atoms with E-state index in [2.05, 4.69) is 10.6 Å². The molecule has 6 rings (SSSR count). The molecular weight excluding hydrogens is 447 g/mol. The Bertz CT molecular complexity index is 1160. The maximum absolute atomic E-state index is 15.0. The van der Waals surface area contributed by atoms with Crippen molar-refractivity contribution in [2.45, 2.75) is 57.2 Å². The lowest BCUT2D eigenvalue weighted by Crippen LogP contribution is -2.71. The van der Waals surface area contributed by atoms with Crippen LogP contribution in [0.25, 0.3) is 0 Å². The average Bonchev–Trinajstić information content (AvgIpc) is 3.14. The molecule has 2 bridgehead atoms. The van der Waals surface area contributed by atoms with Gasteiger partial charge in [0.15, 0.2) is 11.6 Å². The SMILES string of the molecule is CC(C)(O)CNC(=O)C12CC(c3c(F)cc(NC(=O)N4Cc5ccccc5C4)c(F)c3F)(C1)C2. The average molecular weight is 473 g/mol. The number of carbonyl (C=O) groups is 2. The second-order valence-electron chi connectivity index (χ2n) is 10.5. The molecule has 1 heterocycles. The molecule has 3 aliphatic carbocycles. The molecule has 34 heavy (non-hydrogen) atoms. The summed E-state index contributed by atoms with van der Waals surface area (Å²) in [6.45, 7) is 3.84. The number of hydrogen-bond donors (Lipinski definition) is 3. The molecule has 2 aromatic carbocycles. The van der Waals surface area contributed by atoms with E-state index in [1.807, 2.05) is 24.3 Å². The topological polar surface area (TPSA) is 81.7 Å². The number of amides is 3. The number of benzene rings is 2. The molecule has 3 fully saturated rings. The zero-order chi connectivity index (χ0) is 24.5. The van der Waals surface area contributed by atoms with Gasteiger partial charge < -0.3 is 20.6 Å². The van der Waals surface area contributed by atoms with Crippen molar-refractivity contribution in [2.24, 2.45) is 5.41 Å². The fourth-order valence-electron chi connectivity index (χ4n) is 5.62. The van der Waals surface area contributed by atoms with E-state index in [0.29, 0.717) is 13.1 Å². The van der Waals surface area contributed by atoms with Crippen LogP contribution in [0.2, 0.25) is 0 Å². The second-order valence-corrected chi connectivity index (χ2v) is 10.5. The predicted molar refractivity (Wildman–Crippen MR) is 118 cm³/mol. The highest BCUT2D eigenvalue weighted by atomic mass is 19.2. The number of aliphatic hydroxyl groups is 1. The van der Waals surface area contributed by atoms with E-state index < -0.39 is 45.6 Å². The molecule has 0 spiro atoms. The van der Waals surface area contributed by atoms with Gasteiger partial charge in [-0.15, -0.1) is 0 Å². The Labute approximate surface area is 195 Å².